The monoisotopic (exact) mass is 508 g/mol. The predicted octanol–water partition coefficient (Wildman–Crippen LogP) is -1.29. The van der Waals surface area contributed by atoms with E-state index in [1.54, 1.807) is 12.2 Å². The van der Waals surface area contributed by atoms with Crippen LogP contribution in [0.3, 0.4) is 0 Å². The number of carbonyl (C=O) groups is 4. The number of urea groups is 2. The van der Waals surface area contributed by atoms with Crippen molar-refractivity contribution in [3.8, 4) is 0 Å². The van der Waals surface area contributed by atoms with Crippen molar-refractivity contribution in [2.45, 2.75) is 49.9 Å². The van der Waals surface area contributed by atoms with E-state index in [1.807, 2.05) is 0 Å². The van der Waals surface area contributed by atoms with Crippen molar-refractivity contribution < 1.29 is 36.2 Å². The summed E-state index contributed by atoms with van der Waals surface area (Å²) in [6, 6.07) is -5.18. The highest BCUT2D eigenvalue weighted by Gasteiger charge is 2.54. The summed E-state index contributed by atoms with van der Waals surface area (Å²) in [5.74, 6) is -1.19. The standard InChI is InChI=1S/C20H24N6O8S/c21-17(27)15-13(9-1-2-9)5-11-7-23(15)19(29)25(11)33-35(31,32)34-26-12-6-14(10-3-4-10)16(18(22)28)24(8-12)20(26)30/h5-6,9-12,15-16H,1-4,7-8H2,(H2,21,27)(H2,22,28)/t11-,12-,15+,16+/m1/s1. The maximum atomic E-state index is 12.9. The fourth-order valence-corrected chi connectivity index (χ4v) is 6.25. The molecular weight excluding hydrogens is 484 g/mol. The van der Waals surface area contributed by atoms with Crippen LogP contribution in [0.2, 0.25) is 0 Å². The Morgan fingerprint density at radius 3 is 1.46 bits per heavy atom. The van der Waals surface area contributed by atoms with Gasteiger partial charge in [-0.15, -0.1) is 8.57 Å². The summed E-state index contributed by atoms with van der Waals surface area (Å²) >= 11 is 0. The van der Waals surface area contributed by atoms with Gasteiger partial charge in [0.15, 0.2) is 0 Å². The molecule has 4 heterocycles. The molecule has 6 amide bonds. The molecule has 188 valence electrons. The Kier molecular flexibility index (Phi) is 4.72. The van der Waals surface area contributed by atoms with Gasteiger partial charge in [0.2, 0.25) is 11.8 Å². The van der Waals surface area contributed by atoms with E-state index >= 15 is 0 Å². The van der Waals surface area contributed by atoms with Crippen LogP contribution >= 0.6 is 0 Å². The Bertz CT molecular complexity index is 1120. The number of primary amides is 2. The predicted molar refractivity (Wildman–Crippen MR) is 114 cm³/mol. The third-order valence-electron chi connectivity index (χ3n) is 7.24. The van der Waals surface area contributed by atoms with Gasteiger partial charge >= 0.3 is 22.5 Å². The lowest BCUT2D eigenvalue weighted by Crippen LogP contribution is -2.49. The summed E-state index contributed by atoms with van der Waals surface area (Å²) in [6.45, 7) is 0.0377. The largest absolute Gasteiger partial charge is 0.442 e. The van der Waals surface area contributed by atoms with Crippen molar-refractivity contribution in [1.29, 1.82) is 0 Å². The normalized spacial score (nSPS) is 32.2. The Balaban J connectivity index is 1.22. The van der Waals surface area contributed by atoms with Gasteiger partial charge in [0.25, 0.3) is 0 Å². The molecule has 0 aromatic rings. The summed E-state index contributed by atoms with van der Waals surface area (Å²) in [5, 5.41) is 1.23. The minimum atomic E-state index is -4.95. The van der Waals surface area contributed by atoms with E-state index in [-0.39, 0.29) is 24.9 Å². The lowest BCUT2D eigenvalue weighted by atomic mass is 9.95. The molecular formula is C20H24N6O8S. The average Bonchev–Trinajstić information content (AvgIpc) is 3.71. The van der Waals surface area contributed by atoms with Gasteiger partial charge in [0, 0.05) is 0 Å². The van der Waals surface area contributed by atoms with Crippen molar-refractivity contribution in [3.63, 3.8) is 0 Å². The highest BCUT2D eigenvalue weighted by molar-refractivity contribution is 7.81. The third kappa shape index (κ3) is 3.56. The van der Waals surface area contributed by atoms with Crippen molar-refractivity contribution in [1.82, 2.24) is 19.9 Å². The first-order valence-corrected chi connectivity index (χ1v) is 12.7. The molecule has 0 aromatic heterocycles. The number of nitrogens with two attached hydrogens (primary N) is 2. The van der Waals surface area contributed by atoms with Crippen molar-refractivity contribution >= 4 is 34.3 Å². The van der Waals surface area contributed by atoms with Crippen LogP contribution in [0.4, 0.5) is 9.59 Å². The van der Waals surface area contributed by atoms with Crippen LogP contribution in [-0.2, 0) is 28.6 Å². The van der Waals surface area contributed by atoms with Crippen molar-refractivity contribution in [3.05, 3.63) is 23.3 Å². The number of hydrogen-bond donors (Lipinski definition) is 2. The second-order valence-electron chi connectivity index (χ2n) is 9.71. The topological polar surface area (TPSA) is 186 Å². The van der Waals surface area contributed by atoms with Gasteiger partial charge in [0.05, 0.1) is 25.2 Å². The second-order valence-corrected chi connectivity index (χ2v) is 10.8. The van der Waals surface area contributed by atoms with Crippen LogP contribution in [0.1, 0.15) is 25.7 Å². The van der Waals surface area contributed by atoms with E-state index < -0.39 is 58.4 Å². The maximum Gasteiger partial charge on any atom is 0.442 e. The molecule has 0 unspecified atom stereocenters. The van der Waals surface area contributed by atoms with Gasteiger partial charge in [-0.05, 0) is 48.7 Å². The molecule has 2 aliphatic carbocycles. The number of carbonyl (C=O) groups excluding carboxylic acids is 4. The molecule has 4 atom stereocenters. The summed E-state index contributed by atoms with van der Waals surface area (Å²) in [7, 11) is -4.95. The van der Waals surface area contributed by atoms with Crippen LogP contribution in [0, 0.1) is 11.8 Å². The molecule has 6 rings (SSSR count). The number of amides is 6. The first-order valence-electron chi connectivity index (χ1n) is 11.4. The zero-order valence-electron chi connectivity index (χ0n) is 18.5. The molecule has 35 heavy (non-hydrogen) atoms. The number of rotatable bonds is 8. The number of nitrogens with zero attached hydrogens (tertiary/aromatic N) is 4. The minimum absolute atomic E-state index is 0.0189. The Hall–Kier alpha value is -3.17. The molecule has 4 aliphatic heterocycles. The van der Waals surface area contributed by atoms with Crippen LogP contribution < -0.4 is 11.5 Å². The van der Waals surface area contributed by atoms with E-state index in [4.69, 9.17) is 20.0 Å². The Morgan fingerprint density at radius 2 is 1.14 bits per heavy atom. The maximum absolute atomic E-state index is 12.9. The molecule has 4 fully saturated rings. The fraction of sp³-hybridized carbons (Fsp3) is 0.600. The molecule has 0 aromatic carbocycles. The smallest absolute Gasteiger partial charge is 0.368 e. The highest BCUT2D eigenvalue weighted by Crippen LogP contribution is 2.45. The number of fused-ring (bicyclic) bond motifs is 4. The van der Waals surface area contributed by atoms with Gasteiger partial charge in [-0.2, -0.15) is 18.5 Å². The average molecular weight is 509 g/mol. The van der Waals surface area contributed by atoms with Crippen LogP contribution in [0.5, 0.6) is 0 Å². The Labute approximate surface area is 200 Å². The van der Waals surface area contributed by atoms with E-state index in [0.717, 1.165) is 25.7 Å². The Morgan fingerprint density at radius 1 is 0.771 bits per heavy atom. The molecule has 0 spiro atoms. The molecule has 4 bridgehead atoms. The van der Waals surface area contributed by atoms with E-state index in [9.17, 15) is 27.6 Å². The van der Waals surface area contributed by atoms with Crippen LogP contribution in [0.25, 0.3) is 0 Å². The minimum Gasteiger partial charge on any atom is -0.368 e. The SMILES string of the molecule is NC(=O)[C@@H]1C(C2CC2)=C[C@@H]2CN1C(=O)N2OS(=O)(=O)ON1C(=O)N2C[C@H]1C=C(C1CC1)[C@H]2C(N)=O. The van der Waals surface area contributed by atoms with E-state index in [0.29, 0.717) is 21.3 Å². The summed E-state index contributed by atoms with van der Waals surface area (Å²) in [6.07, 6.45) is 6.70. The van der Waals surface area contributed by atoms with Gasteiger partial charge in [0.1, 0.15) is 12.1 Å². The zero-order chi connectivity index (χ0) is 24.8. The highest BCUT2D eigenvalue weighted by atomic mass is 32.3. The molecule has 4 N–H and O–H groups in total. The van der Waals surface area contributed by atoms with Crippen LogP contribution in [0.15, 0.2) is 23.3 Å². The summed E-state index contributed by atoms with van der Waals surface area (Å²) < 4.78 is 35.6. The van der Waals surface area contributed by atoms with Crippen molar-refractivity contribution in [2.24, 2.45) is 23.3 Å². The summed E-state index contributed by atoms with van der Waals surface area (Å²) in [4.78, 5) is 52.3. The van der Waals surface area contributed by atoms with Gasteiger partial charge in [-0.25, -0.2) is 9.59 Å². The zero-order valence-corrected chi connectivity index (χ0v) is 19.3. The number of hydroxylamine groups is 4. The molecule has 14 nitrogen and oxygen atoms in total. The van der Waals surface area contributed by atoms with Crippen LogP contribution in [-0.4, -0.2) is 89.5 Å². The lowest BCUT2D eigenvalue weighted by Gasteiger charge is -2.29. The van der Waals surface area contributed by atoms with E-state index in [1.165, 1.54) is 9.80 Å². The number of hydrogen-bond acceptors (Lipinski definition) is 8. The van der Waals surface area contributed by atoms with E-state index in [2.05, 4.69) is 0 Å². The third-order valence-corrected chi connectivity index (χ3v) is 7.93. The second kappa shape index (κ2) is 7.41. The molecule has 2 saturated heterocycles. The van der Waals surface area contributed by atoms with Gasteiger partial charge in [-0.1, -0.05) is 12.2 Å². The van der Waals surface area contributed by atoms with Crippen molar-refractivity contribution in [2.75, 3.05) is 13.1 Å². The molecule has 6 aliphatic rings. The molecule has 0 radical (unpaired) electrons. The molecule has 15 heteroatoms. The van der Waals surface area contributed by atoms with Gasteiger partial charge < -0.3 is 21.3 Å². The molecule has 2 saturated carbocycles. The summed E-state index contributed by atoms with van der Waals surface area (Å²) in [5.41, 5.74) is 12.4. The quantitative estimate of drug-likeness (QED) is 0.379. The lowest BCUT2D eigenvalue weighted by molar-refractivity contribution is -0.122. The first kappa shape index (κ1) is 22.3. The fourth-order valence-electron chi connectivity index (χ4n) is 5.48. The first-order chi connectivity index (χ1) is 16.6. The van der Waals surface area contributed by atoms with Gasteiger partial charge in [-0.3, -0.25) is 9.59 Å².